The highest BCUT2D eigenvalue weighted by atomic mass is 16.5. The van der Waals surface area contributed by atoms with E-state index in [0.717, 1.165) is 5.56 Å². The van der Waals surface area contributed by atoms with Gasteiger partial charge in [0, 0.05) is 32.1 Å². The zero-order valence-electron chi connectivity index (χ0n) is 16.6. The Morgan fingerprint density at radius 1 is 1.14 bits per heavy atom. The second-order valence-corrected chi connectivity index (χ2v) is 6.80. The fraction of sp³-hybridized carbons (Fsp3) is 0.318. The highest BCUT2D eigenvalue weighted by molar-refractivity contribution is 6.01. The highest BCUT2D eigenvalue weighted by Gasteiger charge is 2.36. The number of hydrogen-bond acceptors (Lipinski definition) is 4. The fourth-order valence-corrected chi connectivity index (χ4v) is 3.33. The molecule has 7 nitrogen and oxygen atoms in total. The van der Waals surface area contributed by atoms with Crippen LogP contribution in [-0.4, -0.2) is 37.9 Å². The molecule has 2 aromatic rings. The number of benzene rings is 2. The van der Waals surface area contributed by atoms with Crippen molar-refractivity contribution < 1.29 is 19.1 Å². The Balaban J connectivity index is 1.60. The van der Waals surface area contributed by atoms with Gasteiger partial charge in [0.1, 0.15) is 5.75 Å². The van der Waals surface area contributed by atoms with Crippen LogP contribution in [0.15, 0.2) is 48.5 Å². The molecule has 1 aliphatic heterocycles. The summed E-state index contributed by atoms with van der Waals surface area (Å²) in [5, 5.41) is 5.45. The van der Waals surface area contributed by atoms with Crippen molar-refractivity contribution in [2.45, 2.75) is 19.9 Å². The van der Waals surface area contributed by atoms with E-state index in [4.69, 9.17) is 4.74 Å². The summed E-state index contributed by atoms with van der Waals surface area (Å²) >= 11 is 0. The van der Waals surface area contributed by atoms with E-state index in [-0.39, 0.29) is 24.1 Å². The van der Waals surface area contributed by atoms with Crippen molar-refractivity contribution in [1.82, 2.24) is 10.6 Å². The van der Waals surface area contributed by atoms with Crippen LogP contribution in [-0.2, 0) is 16.1 Å². The van der Waals surface area contributed by atoms with Crippen LogP contribution in [0.1, 0.15) is 29.3 Å². The SMILES string of the molecule is CCOc1ccccc1N1CC(C(=O)NCc2ccc(C(=O)NC)cc2)CC1=O. The van der Waals surface area contributed by atoms with Gasteiger partial charge in [0.2, 0.25) is 11.8 Å². The van der Waals surface area contributed by atoms with Gasteiger partial charge in [0.05, 0.1) is 18.2 Å². The number of rotatable bonds is 7. The van der Waals surface area contributed by atoms with E-state index in [0.29, 0.717) is 36.7 Å². The molecule has 1 aliphatic rings. The predicted molar refractivity (Wildman–Crippen MR) is 110 cm³/mol. The van der Waals surface area contributed by atoms with E-state index in [1.165, 1.54) is 0 Å². The normalized spacial score (nSPS) is 15.9. The molecule has 0 spiro atoms. The first-order valence-electron chi connectivity index (χ1n) is 9.64. The molecule has 1 unspecified atom stereocenters. The lowest BCUT2D eigenvalue weighted by molar-refractivity contribution is -0.126. The third-order valence-electron chi connectivity index (χ3n) is 4.86. The van der Waals surface area contributed by atoms with E-state index in [1.807, 2.05) is 31.2 Å². The number of anilines is 1. The van der Waals surface area contributed by atoms with Crippen LogP contribution in [0.4, 0.5) is 5.69 Å². The molecule has 3 rings (SSSR count). The van der Waals surface area contributed by atoms with E-state index >= 15 is 0 Å². The van der Waals surface area contributed by atoms with Crippen LogP contribution in [0.3, 0.4) is 0 Å². The first-order valence-corrected chi connectivity index (χ1v) is 9.64. The zero-order valence-corrected chi connectivity index (χ0v) is 16.6. The second-order valence-electron chi connectivity index (χ2n) is 6.80. The lowest BCUT2D eigenvalue weighted by Crippen LogP contribution is -2.32. The number of hydrogen-bond donors (Lipinski definition) is 2. The molecule has 1 heterocycles. The molecule has 29 heavy (non-hydrogen) atoms. The first kappa shape index (κ1) is 20.4. The Bertz CT molecular complexity index is 895. The van der Waals surface area contributed by atoms with Crippen LogP contribution in [0.2, 0.25) is 0 Å². The van der Waals surface area contributed by atoms with Gasteiger partial charge in [-0.25, -0.2) is 0 Å². The predicted octanol–water partition coefficient (Wildman–Crippen LogP) is 2.11. The van der Waals surface area contributed by atoms with Crippen LogP contribution >= 0.6 is 0 Å². The summed E-state index contributed by atoms with van der Waals surface area (Å²) in [5.41, 5.74) is 2.14. The van der Waals surface area contributed by atoms with Crippen molar-refractivity contribution >= 4 is 23.4 Å². The summed E-state index contributed by atoms with van der Waals surface area (Å²) < 4.78 is 5.61. The summed E-state index contributed by atoms with van der Waals surface area (Å²) in [6.45, 7) is 3.05. The Morgan fingerprint density at radius 3 is 2.55 bits per heavy atom. The van der Waals surface area contributed by atoms with Crippen LogP contribution in [0.5, 0.6) is 5.75 Å². The van der Waals surface area contributed by atoms with Gasteiger partial charge in [0.25, 0.3) is 5.91 Å². The molecule has 152 valence electrons. The maximum Gasteiger partial charge on any atom is 0.251 e. The van der Waals surface area contributed by atoms with Gasteiger partial charge in [-0.15, -0.1) is 0 Å². The molecule has 2 aromatic carbocycles. The third kappa shape index (κ3) is 4.74. The molecule has 1 saturated heterocycles. The van der Waals surface area contributed by atoms with E-state index < -0.39 is 5.92 Å². The molecule has 2 N–H and O–H groups in total. The smallest absolute Gasteiger partial charge is 0.251 e. The number of carbonyl (C=O) groups is 3. The van der Waals surface area contributed by atoms with Crippen molar-refractivity contribution in [3.8, 4) is 5.75 Å². The second kappa shape index (κ2) is 9.23. The Kier molecular flexibility index (Phi) is 6.49. The quantitative estimate of drug-likeness (QED) is 0.752. The molecule has 0 saturated carbocycles. The van der Waals surface area contributed by atoms with Gasteiger partial charge in [0.15, 0.2) is 0 Å². The monoisotopic (exact) mass is 395 g/mol. The van der Waals surface area contributed by atoms with Crippen molar-refractivity contribution in [2.75, 3.05) is 25.1 Å². The first-order chi connectivity index (χ1) is 14.0. The summed E-state index contributed by atoms with van der Waals surface area (Å²) in [5.74, 6) is -0.183. The van der Waals surface area contributed by atoms with Crippen molar-refractivity contribution in [3.05, 3.63) is 59.7 Å². The molecule has 1 atom stereocenters. The summed E-state index contributed by atoms with van der Waals surface area (Å²) in [6, 6.07) is 14.4. The molecular weight excluding hydrogens is 370 g/mol. The van der Waals surface area contributed by atoms with Gasteiger partial charge in [-0.3, -0.25) is 14.4 Å². The number of amides is 3. The van der Waals surface area contributed by atoms with Gasteiger partial charge in [-0.1, -0.05) is 24.3 Å². The molecule has 0 bridgehead atoms. The van der Waals surface area contributed by atoms with Gasteiger partial charge in [-0.05, 0) is 36.8 Å². The summed E-state index contributed by atoms with van der Waals surface area (Å²) in [7, 11) is 1.58. The van der Waals surface area contributed by atoms with Crippen LogP contribution in [0, 0.1) is 5.92 Å². The minimum absolute atomic E-state index is 0.0905. The van der Waals surface area contributed by atoms with Crippen molar-refractivity contribution in [3.63, 3.8) is 0 Å². The lowest BCUT2D eigenvalue weighted by atomic mass is 10.1. The van der Waals surface area contributed by atoms with E-state index in [1.54, 1.807) is 36.2 Å². The van der Waals surface area contributed by atoms with Gasteiger partial charge >= 0.3 is 0 Å². The topological polar surface area (TPSA) is 87.7 Å². The molecule has 0 radical (unpaired) electrons. The Labute approximate surface area is 170 Å². The number of para-hydroxylation sites is 2. The standard InChI is InChI=1S/C22H25N3O4/c1-3-29-19-7-5-4-6-18(19)25-14-17(12-20(25)26)22(28)24-13-15-8-10-16(11-9-15)21(27)23-2/h4-11,17H,3,12-14H2,1-2H3,(H,23,27)(H,24,28). The Morgan fingerprint density at radius 2 is 1.86 bits per heavy atom. The maximum atomic E-state index is 12.6. The minimum Gasteiger partial charge on any atom is -0.492 e. The lowest BCUT2D eigenvalue weighted by Gasteiger charge is -2.20. The van der Waals surface area contributed by atoms with Crippen LogP contribution in [0.25, 0.3) is 0 Å². The number of nitrogens with zero attached hydrogens (tertiary/aromatic N) is 1. The maximum absolute atomic E-state index is 12.6. The van der Waals surface area contributed by atoms with E-state index in [2.05, 4.69) is 10.6 Å². The average Bonchev–Trinajstić information content (AvgIpc) is 3.14. The zero-order chi connectivity index (χ0) is 20.8. The molecule has 1 fully saturated rings. The van der Waals surface area contributed by atoms with Crippen molar-refractivity contribution in [2.24, 2.45) is 5.92 Å². The third-order valence-corrected chi connectivity index (χ3v) is 4.86. The van der Waals surface area contributed by atoms with Gasteiger partial charge < -0.3 is 20.3 Å². The van der Waals surface area contributed by atoms with Gasteiger partial charge in [-0.2, -0.15) is 0 Å². The Hall–Kier alpha value is -3.35. The molecule has 7 heteroatoms. The number of nitrogens with one attached hydrogen (secondary N) is 2. The van der Waals surface area contributed by atoms with E-state index in [9.17, 15) is 14.4 Å². The number of carbonyl (C=O) groups excluding carboxylic acids is 3. The van der Waals surface area contributed by atoms with Crippen molar-refractivity contribution in [1.29, 1.82) is 0 Å². The average molecular weight is 395 g/mol. The fourth-order valence-electron chi connectivity index (χ4n) is 3.33. The molecule has 0 aliphatic carbocycles. The minimum atomic E-state index is -0.415. The molecule has 0 aromatic heterocycles. The summed E-state index contributed by atoms with van der Waals surface area (Å²) in [6.07, 6.45) is 0.169. The molecule has 3 amide bonds. The molecular formula is C22H25N3O4. The largest absolute Gasteiger partial charge is 0.492 e. The summed E-state index contributed by atoms with van der Waals surface area (Å²) in [4.78, 5) is 38.3. The van der Waals surface area contributed by atoms with Crippen LogP contribution < -0.4 is 20.3 Å². The highest BCUT2D eigenvalue weighted by Crippen LogP contribution is 2.33. The number of ether oxygens (including phenoxy) is 1.